The van der Waals surface area contributed by atoms with Crippen molar-refractivity contribution in [1.29, 1.82) is 0 Å². The van der Waals surface area contributed by atoms with Gasteiger partial charge in [-0.2, -0.15) is 0 Å². The third kappa shape index (κ3) is 3.52. The van der Waals surface area contributed by atoms with Crippen molar-refractivity contribution >= 4 is 0 Å². The second kappa shape index (κ2) is 7.89. The molecule has 0 aromatic heterocycles. The molecule has 0 aliphatic heterocycles. The van der Waals surface area contributed by atoms with Crippen LogP contribution in [-0.2, 0) is 0 Å². The van der Waals surface area contributed by atoms with Crippen LogP contribution in [-0.4, -0.2) is 33.1 Å². The van der Waals surface area contributed by atoms with Crippen LogP contribution in [0.2, 0.25) is 0 Å². The number of aliphatic hydroxyl groups excluding tert-OH is 2. The van der Waals surface area contributed by atoms with Crippen LogP contribution in [0, 0.1) is 40.4 Å². The van der Waals surface area contributed by atoms with Gasteiger partial charge in [0.1, 0.15) is 0 Å². The summed E-state index contributed by atoms with van der Waals surface area (Å²) in [4.78, 5) is 0. The lowest BCUT2D eigenvalue weighted by molar-refractivity contribution is -0.151. The van der Waals surface area contributed by atoms with Crippen LogP contribution in [0.4, 0.5) is 0 Å². The Hall–Kier alpha value is -0.380. The van der Waals surface area contributed by atoms with Gasteiger partial charge >= 0.3 is 0 Å². The summed E-state index contributed by atoms with van der Waals surface area (Å²) < 4.78 is 0. The number of hydrogen-bond acceptors (Lipinski definition) is 3. The van der Waals surface area contributed by atoms with Gasteiger partial charge in [0, 0.05) is 0 Å². The predicted octanol–water partition coefficient (Wildman–Crippen LogP) is 5.47. The first-order valence-electron chi connectivity index (χ1n) is 12.8. The van der Waals surface area contributed by atoms with Crippen LogP contribution in [0.25, 0.3) is 0 Å². The lowest BCUT2D eigenvalue weighted by atomic mass is 9.46. The molecule has 0 amide bonds. The molecule has 3 N–H and O–H groups in total. The fourth-order valence-electron chi connectivity index (χ4n) is 8.62. The maximum Gasteiger partial charge on any atom is 0.0910 e. The molecule has 0 heterocycles. The van der Waals surface area contributed by atoms with Gasteiger partial charge in [0.25, 0.3) is 0 Å². The van der Waals surface area contributed by atoms with E-state index in [1.165, 1.54) is 24.8 Å². The number of rotatable bonds is 5. The van der Waals surface area contributed by atoms with E-state index in [1.54, 1.807) is 0 Å². The summed E-state index contributed by atoms with van der Waals surface area (Å²) in [5.41, 5.74) is 0.914. The number of hydrogen-bond donors (Lipinski definition) is 3. The van der Waals surface area contributed by atoms with Gasteiger partial charge in [-0.25, -0.2) is 0 Å². The van der Waals surface area contributed by atoms with E-state index in [4.69, 9.17) is 0 Å². The minimum absolute atomic E-state index is 0.124. The number of aliphatic hydroxyl groups is 3. The molecule has 3 fully saturated rings. The SMILES string of the molecule is CC(C)CC[C@@H](O)[C@](C)(O)[C@H]1CC[C@H]2[C@@H]3CC=C4C[C@@H](O)CC[C@]4(C)[C@@H]3CC[C@]12C. The third-order valence-corrected chi connectivity index (χ3v) is 10.5. The van der Waals surface area contributed by atoms with Gasteiger partial charge in [-0.1, -0.05) is 39.3 Å². The van der Waals surface area contributed by atoms with Gasteiger partial charge < -0.3 is 15.3 Å². The summed E-state index contributed by atoms with van der Waals surface area (Å²) >= 11 is 0. The summed E-state index contributed by atoms with van der Waals surface area (Å²) in [5, 5.41) is 32.7. The zero-order chi connectivity index (χ0) is 21.9. The fraction of sp³-hybridized carbons (Fsp3) is 0.926. The molecule has 0 spiro atoms. The van der Waals surface area contributed by atoms with Crippen molar-refractivity contribution in [2.45, 2.75) is 117 Å². The highest BCUT2D eigenvalue weighted by molar-refractivity contribution is 5.25. The standard InChI is InChI=1S/C27H46O3/c1-17(2)6-11-24(29)27(5,30)23-10-9-21-20-8-7-18-16-19(28)12-14-25(18,3)22(20)13-15-26(21,23)4/h7,17,19-24,28-30H,6,8-16H2,1-5H3/t19-,20-,21-,22+,23-,24+,25-,26-,27+/m0/s1. The van der Waals surface area contributed by atoms with E-state index < -0.39 is 11.7 Å². The van der Waals surface area contributed by atoms with E-state index in [2.05, 4.69) is 33.8 Å². The van der Waals surface area contributed by atoms with Crippen LogP contribution < -0.4 is 0 Å². The van der Waals surface area contributed by atoms with Crippen molar-refractivity contribution in [3.8, 4) is 0 Å². The number of fused-ring (bicyclic) bond motifs is 5. The maximum atomic E-state index is 11.6. The van der Waals surface area contributed by atoms with Crippen molar-refractivity contribution in [2.75, 3.05) is 0 Å². The Morgan fingerprint density at radius 3 is 2.50 bits per heavy atom. The van der Waals surface area contributed by atoms with Gasteiger partial charge in [0.2, 0.25) is 0 Å². The van der Waals surface area contributed by atoms with Crippen molar-refractivity contribution in [3.63, 3.8) is 0 Å². The first-order valence-corrected chi connectivity index (χ1v) is 12.8. The average molecular weight is 419 g/mol. The number of allylic oxidation sites excluding steroid dienone is 1. The third-order valence-electron chi connectivity index (χ3n) is 10.5. The molecule has 4 aliphatic carbocycles. The molecule has 30 heavy (non-hydrogen) atoms. The summed E-state index contributed by atoms with van der Waals surface area (Å²) in [6.07, 6.45) is 12.1. The van der Waals surface area contributed by atoms with Crippen molar-refractivity contribution in [3.05, 3.63) is 11.6 Å². The average Bonchev–Trinajstić information content (AvgIpc) is 3.04. The van der Waals surface area contributed by atoms with Crippen molar-refractivity contribution in [1.82, 2.24) is 0 Å². The topological polar surface area (TPSA) is 60.7 Å². The fourth-order valence-corrected chi connectivity index (χ4v) is 8.62. The Morgan fingerprint density at radius 2 is 1.80 bits per heavy atom. The van der Waals surface area contributed by atoms with Crippen molar-refractivity contribution in [2.24, 2.45) is 40.4 Å². The van der Waals surface area contributed by atoms with Gasteiger partial charge in [0.05, 0.1) is 17.8 Å². The molecular weight excluding hydrogens is 372 g/mol. The van der Waals surface area contributed by atoms with E-state index in [-0.39, 0.29) is 22.9 Å². The normalized spacial score (nSPS) is 46.4. The first-order chi connectivity index (χ1) is 14.0. The molecule has 3 saturated carbocycles. The maximum absolute atomic E-state index is 11.6. The summed E-state index contributed by atoms with van der Waals surface area (Å²) in [5.74, 6) is 2.80. The molecule has 172 valence electrons. The van der Waals surface area contributed by atoms with E-state index in [0.717, 1.165) is 44.4 Å². The largest absolute Gasteiger partial charge is 0.393 e. The molecule has 9 atom stereocenters. The van der Waals surface area contributed by atoms with Crippen LogP contribution in [0.5, 0.6) is 0 Å². The van der Waals surface area contributed by atoms with E-state index >= 15 is 0 Å². The van der Waals surface area contributed by atoms with Crippen LogP contribution >= 0.6 is 0 Å². The Balaban J connectivity index is 1.55. The highest BCUT2D eigenvalue weighted by Crippen LogP contribution is 2.67. The summed E-state index contributed by atoms with van der Waals surface area (Å²) in [6, 6.07) is 0. The monoisotopic (exact) mass is 418 g/mol. The van der Waals surface area contributed by atoms with Crippen molar-refractivity contribution < 1.29 is 15.3 Å². The highest BCUT2D eigenvalue weighted by atomic mass is 16.3. The van der Waals surface area contributed by atoms with E-state index in [0.29, 0.717) is 24.2 Å². The second-order valence-corrected chi connectivity index (χ2v) is 12.5. The molecule has 0 aromatic rings. The van der Waals surface area contributed by atoms with Gasteiger partial charge in [0.15, 0.2) is 0 Å². The van der Waals surface area contributed by atoms with Gasteiger partial charge in [-0.15, -0.1) is 0 Å². The van der Waals surface area contributed by atoms with E-state index in [1.807, 2.05) is 6.92 Å². The molecule has 4 rings (SSSR count). The summed E-state index contributed by atoms with van der Waals surface area (Å²) in [6.45, 7) is 11.2. The Morgan fingerprint density at radius 1 is 1.07 bits per heavy atom. The molecule has 0 radical (unpaired) electrons. The van der Waals surface area contributed by atoms with Gasteiger partial charge in [-0.05, 0) is 112 Å². The quantitative estimate of drug-likeness (QED) is 0.519. The highest BCUT2D eigenvalue weighted by Gasteiger charge is 2.62. The molecule has 0 saturated heterocycles. The first kappa shape index (κ1) is 22.8. The molecule has 3 heteroatoms. The van der Waals surface area contributed by atoms with Crippen LogP contribution in [0.3, 0.4) is 0 Å². The summed E-state index contributed by atoms with van der Waals surface area (Å²) in [7, 11) is 0. The smallest absolute Gasteiger partial charge is 0.0910 e. The molecule has 0 bridgehead atoms. The minimum atomic E-state index is -1.00. The Bertz CT molecular complexity index is 667. The minimum Gasteiger partial charge on any atom is -0.393 e. The van der Waals surface area contributed by atoms with Crippen LogP contribution in [0.1, 0.15) is 98.8 Å². The van der Waals surface area contributed by atoms with Gasteiger partial charge in [-0.3, -0.25) is 0 Å². The molecule has 0 unspecified atom stereocenters. The predicted molar refractivity (Wildman–Crippen MR) is 122 cm³/mol. The van der Waals surface area contributed by atoms with E-state index in [9.17, 15) is 15.3 Å². The Labute approximate surface area is 184 Å². The second-order valence-electron chi connectivity index (χ2n) is 12.5. The van der Waals surface area contributed by atoms with Crippen LogP contribution in [0.15, 0.2) is 11.6 Å². The molecule has 4 aliphatic rings. The molecular formula is C27H46O3. The molecule has 0 aromatic carbocycles. The zero-order valence-electron chi connectivity index (χ0n) is 20.0. The molecule has 3 nitrogen and oxygen atoms in total. The Kier molecular flexibility index (Phi) is 5.99. The lowest BCUT2D eigenvalue weighted by Gasteiger charge is -2.59. The lowest BCUT2D eigenvalue weighted by Crippen LogP contribution is -2.55. The zero-order valence-corrected chi connectivity index (χ0v) is 20.0.